The van der Waals surface area contributed by atoms with Crippen molar-refractivity contribution in [3.8, 4) is 17.1 Å². The second-order valence-corrected chi connectivity index (χ2v) is 6.18. The summed E-state index contributed by atoms with van der Waals surface area (Å²) in [5, 5.41) is 12.6. The number of benzene rings is 1. The first-order valence-corrected chi connectivity index (χ1v) is 8.34. The summed E-state index contributed by atoms with van der Waals surface area (Å²) in [5.41, 5.74) is 1.01. The Kier molecular flexibility index (Phi) is 4.33. The lowest BCUT2D eigenvalue weighted by Gasteiger charge is -2.13. The summed E-state index contributed by atoms with van der Waals surface area (Å²) in [4.78, 5) is 24.0. The molecule has 0 bridgehead atoms. The van der Waals surface area contributed by atoms with Gasteiger partial charge < -0.3 is 15.2 Å². The Morgan fingerprint density at radius 1 is 1.30 bits per heavy atom. The van der Waals surface area contributed by atoms with Crippen LogP contribution in [0.15, 0.2) is 36.7 Å². The maximum absolute atomic E-state index is 14.3. The molecule has 0 fully saturated rings. The number of carbonyl (C=O) groups is 1. The summed E-state index contributed by atoms with van der Waals surface area (Å²) in [6.45, 7) is 0.405. The summed E-state index contributed by atoms with van der Waals surface area (Å²) >= 11 is 5.97. The number of ether oxygens (including phenoxy) is 1. The number of aromatic carboxylic acids is 1. The second kappa shape index (κ2) is 6.81. The smallest absolute Gasteiger partial charge is 0.339 e. The molecule has 1 aliphatic rings. The van der Waals surface area contributed by atoms with E-state index in [-0.39, 0.29) is 28.5 Å². The van der Waals surface area contributed by atoms with Gasteiger partial charge in [-0.25, -0.2) is 19.2 Å². The highest BCUT2D eigenvalue weighted by atomic mass is 35.5. The van der Waals surface area contributed by atoms with Gasteiger partial charge in [0.15, 0.2) is 17.4 Å². The van der Waals surface area contributed by atoms with Gasteiger partial charge in [0.2, 0.25) is 0 Å². The van der Waals surface area contributed by atoms with Gasteiger partial charge in [0.1, 0.15) is 11.4 Å². The van der Waals surface area contributed by atoms with Gasteiger partial charge in [0.25, 0.3) is 0 Å². The van der Waals surface area contributed by atoms with Crippen LogP contribution in [0.2, 0.25) is 5.02 Å². The molecule has 0 saturated heterocycles. The highest BCUT2D eigenvalue weighted by Crippen LogP contribution is 2.36. The zero-order chi connectivity index (χ0) is 19.0. The van der Waals surface area contributed by atoms with Gasteiger partial charge in [-0.1, -0.05) is 11.6 Å². The Hall–Kier alpha value is -3.26. The minimum absolute atomic E-state index is 0.0293. The zero-order valence-corrected chi connectivity index (χ0v) is 14.5. The van der Waals surface area contributed by atoms with Crippen LogP contribution in [0.3, 0.4) is 0 Å². The van der Waals surface area contributed by atoms with Gasteiger partial charge in [-0.05, 0) is 24.3 Å². The predicted molar refractivity (Wildman–Crippen MR) is 96.1 cm³/mol. The van der Waals surface area contributed by atoms with Crippen LogP contribution < -0.4 is 10.1 Å². The Morgan fingerprint density at radius 2 is 2.15 bits per heavy atom. The van der Waals surface area contributed by atoms with E-state index in [1.54, 1.807) is 0 Å². The third kappa shape index (κ3) is 3.26. The van der Waals surface area contributed by atoms with Crippen LogP contribution >= 0.6 is 11.6 Å². The summed E-state index contributed by atoms with van der Waals surface area (Å²) in [5.74, 6) is -0.861. The van der Waals surface area contributed by atoms with E-state index in [0.717, 1.165) is 0 Å². The van der Waals surface area contributed by atoms with Gasteiger partial charge >= 0.3 is 5.97 Å². The molecule has 136 valence electrons. The van der Waals surface area contributed by atoms with Gasteiger partial charge in [-0.2, -0.15) is 0 Å². The zero-order valence-electron chi connectivity index (χ0n) is 13.7. The lowest BCUT2D eigenvalue weighted by Crippen LogP contribution is -2.06. The lowest BCUT2D eigenvalue weighted by atomic mass is 10.2. The number of carboxylic acids is 1. The van der Waals surface area contributed by atoms with E-state index in [2.05, 4.69) is 20.3 Å². The number of fused-ring (bicyclic) bond motifs is 1. The molecule has 1 aliphatic heterocycles. The molecule has 0 atom stereocenters. The minimum Gasteiger partial charge on any atom is -0.487 e. The van der Waals surface area contributed by atoms with E-state index in [1.165, 1.54) is 36.7 Å². The summed E-state index contributed by atoms with van der Waals surface area (Å²) in [6.07, 6.45) is 3.21. The number of hydrogen-bond acceptors (Lipinski definition) is 6. The van der Waals surface area contributed by atoms with Crippen LogP contribution in [0.5, 0.6) is 5.75 Å². The van der Waals surface area contributed by atoms with Crippen molar-refractivity contribution >= 4 is 29.1 Å². The number of aromatic nitrogens is 3. The van der Waals surface area contributed by atoms with Crippen molar-refractivity contribution in [2.24, 2.45) is 0 Å². The van der Waals surface area contributed by atoms with Gasteiger partial charge in [0, 0.05) is 23.8 Å². The molecule has 0 radical (unpaired) electrons. The maximum atomic E-state index is 14.3. The van der Waals surface area contributed by atoms with E-state index in [9.17, 15) is 14.3 Å². The van der Waals surface area contributed by atoms with Crippen molar-refractivity contribution in [1.29, 1.82) is 0 Å². The molecule has 1 aromatic carbocycles. The number of hydrogen-bond donors (Lipinski definition) is 2. The number of nitrogens with one attached hydrogen (secondary N) is 1. The van der Waals surface area contributed by atoms with Crippen molar-refractivity contribution in [3.63, 3.8) is 0 Å². The monoisotopic (exact) mass is 386 g/mol. The first kappa shape index (κ1) is 17.2. The summed E-state index contributed by atoms with van der Waals surface area (Å²) < 4.78 is 19.8. The topological polar surface area (TPSA) is 97.2 Å². The van der Waals surface area contributed by atoms with Crippen LogP contribution in [-0.4, -0.2) is 32.6 Å². The average Bonchev–Trinajstić information content (AvgIpc) is 3.13. The molecular weight excluding hydrogens is 375 g/mol. The Bertz CT molecular complexity index is 1060. The molecule has 0 saturated carbocycles. The predicted octanol–water partition coefficient (Wildman–Crippen LogP) is 3.71. The van der Waals surface area contributed by atoms with Crippen molar-refractivity contribution in [1.82, 2.24) is 15.0 Å². The lowest BCUT2D eigenvalue weighted by molar-refractivity contribution is 0.0697. The molecule has 3 heterocycles. The summed E-state index contributed by atoms with van der Waals surface area (Å²) in [6, 6.07) is 5.62. The van der Waals surface area contributed by atoms with E-state index >= 15 is 0 Å². The quantitative estimate of drug-likeness (QED) is 0.705. The molecule has 0 aliphatic carbocycles. The fraction of sp³-hybridized carbons (Fsp3) is 0.111. The highest BCUT2D eigenvalue weighted by Gasteiger charge is 2.24. The van der Waals surface area contributed by atoms with E-state index in [1.807, 2.05) is 0 Å². The molecule has 0 unspecified atom stereocenters. The van der Waals surface area contributed by atoms with Crippen molar-refractivity contribution < 1.29 is 19.0 Å². The molecule has 7 nitrogen and oxygen atoms in total. The molecule has 4 rings (SSSR count). The van der Waals surface area contributed by atoms with Crippen LogP contribution in [0.25, 0.3) is 11.4 Å². The number of rotatable bonds is 4. The Morgan fingerprint density at radius 3 is 2.96 bits per heavy atom. The van der Waals surface area contributed by atoms with Gasteiger partial charge in [-0.3, -0.25) is 4.98 Å². The van der Waals surface area contributed by atoms with Crippen LogP contribution in [0.4, 0.5) is 15.9 Å². The van der Waals surface area contributed by atoms with Crippen LogP contribution in [0.1, 0.15) is 16.1 Å². The largest absolute Gasteiger partial charge is 0.487 e. The van der Waals surface area contributed by atoms with Crippen LogP contribution in [0, 0.1) is 5.82 Å². The normalized spacial score (nSPS) is 12.4. The van der Waals surface area contributed by atoms with E-state index in [0.29, 0.717) is 29.5 Å². The molecule has 9 heteroatoms. The third-order valence-corrected chi connectivity index (χ3v) is 4.23. The minimum atomic E-state index is -1.14. The number of anilines is 2. The molecule has 27 heavy (non-hydrogen) atoms. The number of carboxylic acid groups (broad SMARTS) is 1. The molecular formula is C18H12ClFN4O3. The second-order valence-electron chi connectivity index (χ2n) is 5.75. The van der Waals surface area contributed by atoms with E-state index < -0.39 is 11.8 Å². The first-order valence-electron chi connectivity index (χ1n) is 7.96. The van der Waals surface area contributed by atoms with Crippen molar-refractivity contribution in [3.05, 3.63) is 58.8 Å². The fourth-order valence-corrected chi connectivity index (χ4v) is 2.92. The highest BCUT2D eigenvalue weighted by molar-refractivity contribution is 6.30. The van der Waals surface area contributed by atoms with Crippen LogP contribution in [-0.2, 0) is 6.42 Å². The fourth-order valence-electron chi connectivity index (χ4n) is 2.74. The van der Waals surface area contributed by atoms with Crippen molar-refractivity contribution in [2.45, 2.75) is 6.42 Å². The van der Waals surface area contributed by atoms with Gasteiger partial charge in [0.05, 0.1) is 23.6 Å². The van der Waals surface area contributed by atoms with Gasteiger partial charge in [-0.15, -0.1) is 0 Å². The molecule has 0 amide bonds. The SMILES string of the molecule is O=C(O)c1cnccc1Nc1nc(-c2cc(Cl)ccc2F)nc2c1OCC2. The summed E-state index contributed by atoms with van der Waals surface area (Å²) in [7, 11) is 0. The molecule has 3 aromatic rings. The molecule has 2 N–H and O–H groups in total. The maximum Gasteiger partial charge on any atom is 0.339 e. The first-order chi connectivity index (χ1) is 13.0. The standard InChI is InChI=1S/C18H12ClFN4O3/c19-9-1-2-12(20)10(7-9)16-23-14-4-6-27-15(14)17(24-16)22-13-3-5-21-8-11(13)18(25)26/h1-3,5,7-8H,4,6H2,(H,25,26)(H,21,22,23,24). The molecule has 0 spiro atoms. The number of nitrogens with zero attached hydrogens (tertiary/aromatic N) is 3. The number of halogens is 2. The Labute approximate surface area is 157 Å². The van der Waals surface area contributed by atoms with E-state index in [4.69, 9.17) is 16.3 Å². The average molecular weight is 387 g/mol. The number of pyridine rings is 1. The third-order valence-electron chi connectivity index (χ3n) is 3.99. The Balaban J connectivity index is 1.83. The molecule has 2 aromatic heterocycles. The van der Waals surface area contributed by atoms with Crippen molar-refractivity contribution in [2.75, 3.05) is 11.9 Å².